The van der Waals surface area contributed by atoms with Gasteiger partial charge in [-0.2, -0.15) is 13.2 Å². The Morgan fingerprint density at radius 2 is 2.00 bits per heavy atom. The number of alkyl halides is 3. The Balaban J connectivity index is 3.26. The number of carbonyl (C=O) groups excluding carboxylic acids is 1. The van der Waals surface area contributed by atoms with E-state index in [4.69, 9.17) is 4.74 Å². The summed E-state index contributed by atoms with van der Waals surface area (Å²) in [6.45, 7) is 1.53. The summed E-state index contributed by atoms with van der Waals surface area (Å²) in [5, 5.41) is 0. The van der Waals surface area contributed by atoms with E-state index >= 15 is 0 Å². The number of carbonyl (C=O) groups is 1. The maximum absolute atomic E-state index is 12.6. The predicted octanol–water partition coefficient (Wildman–Crippen LogP) is 2.89. The summed E-state index contributed by atoms with van der Waals surface area (Å²) in [6.07, 6.45) is -4.60. The van der Waals surface area contributed by atoms with Crippen molar-refractivity contribution in [2.45, 2.75) is 13.1 Å². The second-order valence-electron chi connectivity index (χ2n) is 3.13. The standard InChI is InChI=1S/C11H11F3O3/c1-3-17-10(15)8-6-7(16-2)4-5-9(8)11(12,13)14/h4-6H,3H2,1-2H3. The minimum absolute atomic E-state index is 0.00728. The molecule has 0 unspecified atom stereocenters. The zero-order valence-corrected chi connectivity index (χ0v) is 9.30. The number of hydrogen-bond acceptors (Lipinski definition) is 3. The lowest BCUT2D eigenvalue weighted by molar-refractivity contribution is -0.138. The van der Waals surface area contributed by atoms with Gasteiger partial charge in [0.05, 0.1) is 24.8 Å². The topological polar surface area (TPSA) is 35.5 Å². The van der Waals surface area contributed by atoms with Gasteiger partial charge in [0.1, 0.15) is 5.75 Å². The van der Waals surface area contributed by atoms with Gasteiger partial charge >= 0.3 is 12.1 Å². The number of esters is 1. The summed E-state index contributed by atoms with van der Waals surface area (Å²) in [7, 11) is 1.30. The molecule has 1 aromatic rings. The van der Waals surface area contributed by atoms with Crippen molar-refractivity contribution in [3.05, 3.63) is 29.3 Å². The van der Waals surface area contributed by atoms with Crippen molar-refractivity contribution < 1.29 is 27.4 Å². The third-order valence-electron chi connectivity index (χ3n) is 2.03. The van der Waals surface area contributed by atoms with Gasteiger partial charge in [-0.05, 0) is 25.1 Å². The molecule has 0 radical (unpaired) electrons. The van der Waals surface area contributed by atoms with E-state index < -0.39 is 23.3 Å². The lowest BCUT2D eigenvalue weighted by Crippen LogP contribution is -2.15. The quantitative estimate of drug-likeness (QED) is 0.771. The van der Waals surface area contributed by atoms with E-state index in [1.807, 2.05) is 0 Å². The molecule has 0 amide bonds. The molecule has 0 heterocycles. The van der Waals surface area contributed by atoms with Crippen LogP contribution in [0.2, 0.25) is 0 Å². The molecule has 17 heavy (non-hydrogen) atoms. The van der Waals surface area contributed by atoms with Crippen LogP contribution in [0.15, 0.2) is 18.2 Å². The molecule has 0 atom stereocenters. The van der Waals surface area contributed by atoms with Crippen LogP contribution in [-0.4, -0.2) is 19.7 Å². The van der Waals surface area contributed by atoms with Crippen LogP contribution < -0.4 is 4.74 Å². The highest BCUT2D eigenvalue weighted by Crippen LogP contribution is 2.34. The summed E-state index contributed by atoms with van der Waals surface area (Å²) < 4.78 is 47.3. The second kappa shape index (κ2) is 5.07. The molecule has 0 aliphatic rings. The van der Waals surface area contributed by atoms with Crippen molar-refractivity contribution in [2.75, 3.05) is 13.7 Å². The molecule has 0 bridgehead atoms. The van der Waals surface area contributed by atoms with Gasteiger partial charge in [-0.1, -0.05) is 0 Å². The minimum Gasteiger partial charge on any atom is -0.497 e. The van der Waals surface area contributed by atoms with E-state index in [9.17, 15) is 18.0 Å². The molecule has 0 spiro atoms. The third kappa shape index (κ3) is 3.12. The molecule has 0 saturated carbocycles. The lowest BCUT2D eigenvalue weighted by atomic mass is 10.1. The molecule has 0 aliphatic heterocycles. The molecule has 1 rings (SSSR count). The molecule has 3 nitrogen and oxygen atoms in total. The van der Waals surface area contributed by atoms with Crippen LogP contribution in [0.5, 0.6) is 5.75 Å². The zero-order valence-electron chi connectivity index (χ0n) is 9.30. The van der Waals surface area contributed by atoms with Crippen LogP contribution in [0.3, 0.4) is 0 Å². The van der Waals surface area contributed by atoms with E-state index in [2.05, 4.69) is 4.74 Å². The largest absolute Gasteiger partial charge is 0.497 e. The Morgan fingerprint density at radius 1 is 1.35 bits per heavy atom. The Labute approximate surface area is 96.1 Å². The average Bonchev–Trinajstić information content (AvgIpc) is 2.27. The molecule has 0 N–H and O–H groups in total. The molecule has 0 saturated heterocycles. The van der Waals surface area contributed by atoms with Gasteiger partial charge in [-0.3, -0.25) is 0 Å². The maximum atomic E-state index is 12.6. The normalized spacial score (nSPS) is 11.1. The van der Waals surface area contributed by atoms with Crippen LogP contribution >= 0.6 is 0 Å². The van der Waals surface area contributed by atoms with Crippen molar-refractivity contribution in [1.29, 1.82) is 0 Å². The summed E-state index contributed by atoms with van der Waals surface area (Å²) in [6, 6.07) is 2.96. The molecule has 94 valence electrons. The van der Waals surface area contributed by atoms with Crippen LogP contribution in [0.4, 0.5) is 13.2 Å². The first kappa shape index (κ1) is 13.3. The Morgan fingerprint density at radius 3 is 2.47 bits per heavy atom. The molecule has 1 aromatic carbocycles. The molecule has 0 aliphatic carbocycles. The summed E-state index contributed by atoms with van der Waals surface area (Å²) in [5.74, 6) is -0.847. The predicted molar refractivity (Wildman–Crippen MR) is 54.0 cm³/mol. The van der Waals surface area contributed by atoms with Gasteiger partial charge in [0.25, 0.3) is 0 Å². The van der Waals surface area contributed by atoms with Gasteiger partial charge in [-0.15, -0.1) is 0 Å². The van der Waals surface area contributed by atoms with Crippen molar-refractivity contribution in [3.63, 3.8) is 0 Å². The third-order valence-corrected chi connectivity index (χ3v) is 2.03. The average molecular weight is 248 g/mol. The molecule has 0 fully saturated rings. The second-order valence-corrected chi connectivity index (χ2v) is 3.13. The van der Waals surface area contributed by atoms with Gasteiger partial charge in [0.15, 0.2) is 0 Å². The number of benzene rings is 1. The number of rotatable bonds is 3. The number of hydrogen-bond donors (Lipinski definition) is 0. The monoisotopic (exact) mass is 248 g/mol. The van der Waals surface area contributed by atoms with Crippen LogP contribution in [0, 0.1) is 0 Å². The van der Waals surface area contributed by atoms with Crippen molar-refractivity contribution in [1.82, 2.24) is 0 Å². The van der Waals surface area contributed by atoms with Crippen molar-refractivity contribution in [3.8, 4) is 5.75 Å². The van der Waals surface area contributed by atoms with Gasteiger partial charge in [0.2, 0.25) is 0 Å². The smallest absolute Gasteiger partial charge is 0.417 e. The van der Waals surface area contributed by atoms with Crippen LogP contribution in [0.25, 0.3) is 0 Å². The van der Waals surface area contributed by atoms with Crippen molar-refractivity contribution >= 4 is 5.97 Å². The zero-order chi connectivity index (χ0) is 13.1. The van der Waals surface area contributed by atoms with Crippen LogP contribution in [-0.2, 0) is 10.9 Å². The first-order chi connectivity index (χ1) is 7.90. The fraction of sp³-hybridized carbons (Fsp3) is 0.364. The fourth-order valence-corrected chi connectivity index (χ4v) is 1.28. The van der Waals surface area contributed by atoms with E-state index in [1.165, 1.54) is 14.0 Å². The molecular weight excluding hydrogens is 237 g/mol. The minimum atomic E-state index is -4.60. The molecule has 6 heteroatoms. The number of halogens is 3. The highest BCUT2D eigenvalue weighted by atomic mass is 19.4. The Bertz CT molecular complexity index is 413. The fourth-order valence-electron chi connectivity index (χ4n) is 1.28. The summed E-state index contributed by atoms with van der Waals surface area (Å²) in [5.41, 5.74) is -1.57. The molecule has 0 aromatic heterocycles. The van der Waals surface area contributed by atoms with Gasteiger partial charge < -0.3 is 9.47 Å². The lowest BCUT2D eigenvalue weighted by Gasteiger charge is -2.13. The maximum Gasteiger partial charge on any atom is 0.417 e. The highest BCUT2D eigenvalue weighted by Gasteiger charge is 2.35. The van der Waals surface area contributed by atoms with E-state index in [0.717, 1.165) is 18.2 Å². The first-order valence-corrected chi connectivity index (χ1v) is 4.82. The Hall–Kier alpha value is -1.72. The highest BCUT2D eigenvalue weighted by molar-refractivity contribution is 5.91. The first-order valence-electron chi connectivity index (χ1n) is 4.82. The van der Waals surface area contributed by atoms with E-state index in [0.29, 0.717) is 0 Å². The SMILES string of the molecule is CCOC(=O)c1cc(OC)ccc1C(F)(F)F. The summed E-state index contributed by atoms with van der Waals surface area (Å²) >= 11 is 0. The van der Waals surface area contributed by atoms with Crippen molar-refractivity contribution in [2.24, 2.45) is 0 Å². The van der Waals surface area contributed by atoms with Gasteiger partial charge in [0, 0.05) is 0 Å². The van der Waals surface area contributed by atoms with Gasteiger partial charge in [-0.25, -0.2) is 4.79 Å². The Kier molecular flexibility index (Phi) is 3.98. The van der Waals surface area contributed by atoms with Crippen LogP contribution in [0.1, 0.15) is 22.8 Å². The van der Waals surface area contributed by atoms with E-state index in [1.54, 1.807) is 0 Å². The number of methoxy groups -OCH3 is 1. The number of ether oxygens (including phenoxy) is 2. The van der Waals surface area contributed by atoms with E-state index in [-0.39, 0.29) is 12.4 Å². The summed E-state index contributed by atoms with van der Waals surface area (Å²) in [4.78, 5) is 11.4. The molecular formula is C11H11F3O3.